The van der Waals surface area contributed by atoms with Crippen molar-refractivity contribution < 1.29 is 0 Å². The molecule has 6 heteroatoms. The molecule has 0 aliphatic heterocycles. The van der Waals surface area contributed by atoms with Crippen molar-refractivity contribution in [1.82, 2.24) is 20.4 Å². The van der Waals surface area contributed by atoms with Crippen molar-refractivity contribution in [2.45, 2.75) is 19.4 Å². The topological polar surface area (TPSA) is 66.3 Å². The average molecular weight is 314 g/mol. The molecule has 1 aromatic heterocycles. The zero-order chi connectivity index (χ0) is 16.2. The largest absolute Gasteiger partial charge is 0.385 e. The van der Waals surface area contributed by atoms with E-state index in [0.717, 1.165) is 50.7 Å². The minimum Gasteiger partial charge on any atom is -0.385 e. The van der Waals surface area contributed by atoms with Gasteiger partial charge in [0.25, 0.3) is 0 Å². The molecule has 0 atom stereocenters. The van der Waals surface area contributed by atoms with Gasteiger partial charge in [-0.1, -0.05) is 18.2 Å². The van der Waals surface area contributed by atoms with E-state index in [1.165, 1.54) is 0 Å². The lowest BCUT2D eigenvalue weighted by molar-refractivity contribution is 0.570. The molecular formula is C17H26N6. The molecule has 0 bridgehead atoms. The number of nitrogens with zero attached hydrogens (tertiary/aromatic N) is 3. The third kappa shape index (κ3) is 6.86. The Labute approximate surface area is 138 Å². The minimum absolute atomic E-state index is 0.852. The van der Waals surface area contributed by atoms with Gasteiger partial charge in [-0.15, -0.1) is 0 Å². The third-order valence-electron chi connectivity index (χ3n) is 3.39. The Bertz CT molecular complexity index is 550. The van der Waals surface area contributed by atoms with E-state index in [2.05, 4.69) is 38.2 Å². The van der Waals surface area contributed by atoms with Crippen LogP contribution in [-0.4, -0.2) is 42.4 Å². The number of rotatable bonds is 9. The fraction of sp³-hybridized carbons (Fsp3) is 0.412. The van der Waals surface area contributed by atoms with Gasteiger partial charge in [0, 0.05) is 51.3 Å². The second-order valence-electron chi connectivity index (χ2n) is 5.19. The van der Waals surface area contributed by atoms with Gasteiger partial charge in [0.05, 0.1) is 0 Å². The molecule has 0 unspecified atom stereocenters. The van der Waals surface area contributed by atoms with Crippen LogP contribution in [0.1, 0.15) is 12.8 Å². The fourth-order valence-corrected chi connectivity index (χ4v) is 2.19. The quantitative estimate of drug-likeness (QED) is 0.376. The van der Waals surface area contributed by atoms with Crippen molar-refractivity contribution in [2.24, 2.45) is 4.99 Å². The summed E-state index contributed by atoms with van der Waals surface area (Å²) in [5.41, 5.74) is 1.16. The molecule has 0 radical (unpaired) electrons. The molecule has 3 N–H and O–H groups in total. The molecule has 0 saturated carbocycles. The standard InChI is InChI=1S/C17H26N6/c1-18-17(21-12-6-14-23-15-7-13-22-23)20-11-5-10-19-16-8-3-2-4-9-16/h2-4,7-9,13,15,19H,5-6,10-12,14H2,1H3,(H2,18,20,21). The Balaban J connectivity index is 1.51. The average Bonchev–Trinajstić information content (AvgIpc) is 3.11. The molecule has 2 aromatic rings. The minimum atomic E-state index is 0.852. The summed E-state index contributed by atoms with van der Waals surface area (Å²) in [6.45, 7) is 3.62. The van der Waals surface area contributed by atoms with E-state index in [9.17, 15) is 0 Å². The van der Waals surface area contributed by atoms with Gasteiger partial charge in [0.2, 0.25) is 0 Å². The van der Waals surface area contributed by atoms with E-state index in [1.54, 1.807) is 13.2 Å². The van der Waals surface area contributed by atoms with Crippen LogP contribution < -0.4 is 16.0 Å². The monoisotopic (exact) mass is 314 g/mol. The third-order valence-corrected chi connectivity index (χ3v) is 3.39. The summed E-state index contributed by atoms with van der Waals surface area (Å²) in [6, 6.07) is 12.2. The van der Waals surface area contributed by atoms with E-state index in [4.69, 9.17) is 0 Å². The summed E-state index contributed by atoms with van der Waals surface area (Å²) in [5, 5.41) is 14.2. The number of anilines is 1. The van der Waals surface area contributed by atoms with Gasteiger partial charge in [0.1, 0.15) is 0 Å². The fourth-order valence-electron chi connectivity index (χ4n) is 2.19. The molecule has 0 amide bonds. The summed E-state index contributed by atoms with van der Waals surface area (Å²) in [4.78, 5) is 4.23. The number of nitrogens with one attached hydrogen (secondary N) is 3. The highest BCUT2D eigenvalue weighted by molar-refractivity contribution is 5.79. The first kappa shape index (κ1) is 16.9. The van der Waals surface area contributed by atoms with E-state index in [1.807, 2.05) is 35.1 Å². The summed E-state index contributed by atoms with van der Waals surface area (Å²) in [7, 11) is 1.80. The second kappa shape index (κ2) is 10.3. The van der Waals surface area contributed by atoms with E-state index < -0.39 is 0 Å². The normalized spacial score (nSPS) is 11.3. The molecular weight excluding hydrogens is 288 g/mol. The van der Waals surface area contributed by atoms with Crippen molar-refractivity contribution in [2.75, 3.05) is 32.0 Å². The number of aliphatic imine (C=N–C) groups is 1. The van der Waals surface area contributed by atoms with Crippen LogP contribution in [0.3, 0.4) is 0 Å². The number of aromatic nitrogens is 2. The zero-order valence-corrected chi connectivity index (χ0v) is 13.7. The molecule has 6 nitrogen and oxygen atoms in total. The Morgan fingerprint density at radius 3 is 2.52 bits per heavy atom. The first-order valence-corrected chi connectivity index (χ1v) is 8.09. The van der Waals surface area contributed by atoms with Crippen molar-refractivity contribution in [3.05, 3.63) is 48.8 Å². The predicted molar refractivity (Wildman–Crippen MR) is 95.8 cm³/mol. The van der Waals surface area contributed by atoms with Crippen molar-refractivity contribution in [3.63, 3.8) is 0 Å². The Kier molecular flexibility index (Phi) is 7.53. The van der Waals surface area contributed by atoms with E-state index in [0.29, 0.717) is 0 Å². The van der Waals surface area contributed by atoms with Crippen LogP contribution in [0.5, 0.6) is 0 Å². The first-order valence-electron chi connectivity index (χ1n) is 8.09. The number of para-hydroxylation sites is 1. The molecule has 0 aliphatic rings. The van der Waals surface area contributed by atoms with Gasteiger partial charge in [0.15, 0.2) is 5.96 Å². The van der Waals surface area contributed by atoms with Gasteiger partial charge in [-0.3, -0.25) is 9.67 Å². The number of benzene rings is 1. The molecule has 124 valence electrons. The van der Waals surface area contributed by atoms with Crippen molar-refractivity contribution >= 4 is 11.6 Å². The molecule has 1 aromatic carbocycles. The van der Waals surface area contributed by atoms with E-state index >= 15 is 0 Å². The summed E-state index contributed by atoms with van der Waals surface area (Å²) in [6.07, 6.45) is 5.82. The van der Waals surface area contributed by atoms with Gasteiger partial charge in [-0.25, -0.2) is 0 Å². The molecule has 0 saturated heterocycles. The highest BCUT2D eigenvalue weighted by Gasteiger charge is 1.97. The van der Waals surface area contributed by atoms with Gasteiger partial charge in [-0.2, -0.15) is 5.10 Å². The number of guanidine groups is 1. The maximum atomic E-state index is 4.23. The van der Waals surface area contributed by atoms with Gasteiger partial charge in [-0.05, 0) is 31.0 Å². The van der Waals surface area contributed by atoms with Crippen molar-refractivity contribution in [3.8, 4) is 0 Å². The highest BCUT2D eigenvalue weighted by atomic mass is 15.3. The molecule has 0 aliphatic carbocycles. The maximum Gasteiger partial charge on any atom is 0.190 e. The number of hydrogen-bond donors (Lipinski definition) is 3. The second-order valence-corrected chi connectivity index (χ2v) is 5.19. The van der Waals surface area contributed by atoms with Crippen LogP contribution in [0.25, 0.3) is 0 Å². The Morgan fingerprint density at radius 2 is 1.83 bits per heavy atom. The van der Waals surface area contributed by atoms with Gasteiger partial charge < -0.3 is 16.0 Å². The molecule has 1 heterocycles. The van der Waals surface area contributed by atoms with Gasteiger partial charge >= 0.3 is 0 Å². The number of aryl methyl sites for hydroxylation is 1. The Hall–Kier alpha value is -2.50. The molecule has 23 heavy (non-hydrogen) atoms. The SMILES string of the molecule is CN=C(NCCCNc1ccccc1)NCCCn1cccn1. The lowest BCUT2D eigenvalue weighted by Crippen LogP contribution is -2.38. The summed E-state index contributed by atoms with van der Waals surface area (Å²) in [5.74, 6) is 0.852. The lowest BCUT2D eigenvalue weighted by atomic mass is 10.3. The summed E-state index contributed by atoms with van der Waals surface area (Å²) < 4.78 is 1.94. The van der Waals surface area contributed by atoms with Crippen LogP contribution in [0.4, 0.5) is 5.69 Å². The van der Waals surface area contributed by atoms with E-state index in [-0.39, 0.29) is 0 Å². The van der Waals surface area contributed by atoms with Crippen LogP contribution in [0.15, 0.2) is 53.8 Å². The van der Waals surface area contributed by atoms with Crippen LogP contribution in [-0.2, 0) is 6.54 Å². The predicted octanol–water partition coefficient (Wildman–Crippen LogP) is 1.94. The Morgan fingerprint density at radius 1 is 1.04 bits per heavy atom. The lowest BCUT2D eigenvalue weighted by Gasteiger charge is -2.12. The molecule has 0 fully saturated rings. The first-order chi connectivity index (χ1) is 11.4. The van der Waals surface area contributed by atoms with Crippen LogP contribution in [0.2, 0.25) is 0 Å². The smallest absolute Gasteiger partial charge is 0.190 e. The highest BCUT2D eigenvalue weighted by Crippen LogP contribution is 2.03. The number of hydrogen-bond acceptors (Lipinski definition) is 3. The molecule has 0 spiro atoms. The van der Waals surface area contributed by atoms with Crippen LogP contribution in [0, 0.1) is 0 Å². The maximum absolute atomic E-state index is 4.23. The molecule has 2 rings (SSSR count). The van der Waals surface area contributed by atoms with Crippen molar-refractivity contribution in [1.29, 1.82) is 0 Å². The summed E-state index contributed by atoms with van der Waals surface area (Å²) >= 11 is 0. The zero-order valence-electron chi connectivity index (χ0n) is 13.7. The van der Waals surface area contributed by atoms with Crippen LogP contribution >= 0.6 is 0 Å².